The summed E-state index contributed by atoms with van der Waals surface area (Å²) in [7, 11) is 0. The molecule has 0 spiro atoms. The van der Waals surface area contributed by atoms with Crippen LogP contribution in [-0.4, -0.2) is 35.2 Å². The van der Waals surface area contributed by atoms with Crippen molar-refractivity contribution in [1.82, 2.24) is 24.1 Å². The van der Waals surface area contributed by atoms with Gasteiger partial charge in [0.15, 0.2) is 0 Å². The summed E-state index contributed by atoms with van der Waals surface area (Å²) in [6.07, 6.45) is 3.86. The molecule has 0 aliphatic rings. The van der Waals surface area contributed by atoms with E-state index in [1.54, 1.807) is 48.9 Å². The molecule has 0 amide bonds. The highest BCUT2D eigenvalue weighted by molar-refractivity contribution is 5.92. The number of carbonyl (C=O) groups is 1. The highest BCUT2D eigenvalue weighted by Crippen LogP contribution is 2.27. The molecule has 11 heteroatoms. The topological polar surface area (TPSA) is 143 Å². The van der Waals surface area contributed by atoms with Crippen LogP contribution in [0.15, 0.2) is 85.3 Å². The summed E-state index contributed by atoms with van der Waals surface area (Å²) in [4.78, 5) is 25.4. The van der Waals surface area contributed by atoms with Crippen molar-refractivity contribution in [2.45, 2.75) is 33.0 Å². The fourth-order valence-electron chi connectivity index (χ4n) is 5.25. The molecule has 0 fully saturated rings. The number of imidazole rings is 2. The molecule has 0 saturated heterocycles. The number of carboxylic acid groups (broad SMARTS) is 1. The number of ether oxygens (including phenoxy) is 1. The summed E-state index contributed by atoms with van der Waals surface area (Å²) < 4.78 is 24.0. The monoisotopic (exact) mass is 611 g/mol. The van der Waals surface area contributed by atoms with Crippen LogP contribution >= 0.6 is 0 Å². The van der Waals surface area contributed by atoms with Gasteiger partial charge in [-0.1, -0.05) is 24.3 Å². The summed E-state index contributed by atoms with van der Waals surface area (Å²) in [5, 5.41) is 28.7. The predicted molar refractivity (Wildman–Crippen MR) is 166 cm³/mol. The van der Waals surface area contributed by atoms with Gasteiger partial charge in [0.25, 0.3) is 0 Å². The molecule has 3 heterocycles. The number of aromatic carboxylic acids is 1. The average molecular weight is 612 g/mol. The van der Waals surface area contributed by atoms with E-state index in [0.717, 1.165) is 23.9 Å². The Kier molecular flexibility index (Phi) is 8.22. The number of aromatic nitrogens is 5. The van der Waals surface area contributed by atoms with Crippen LogP contribution in [0.2, 0.25) is 0 Å². The molecule has 0 aliphatic heterocycles. The summed E-state index contributed by atoms with van der Waals surface area (Å²) >= 11 is 0. The minimum atomic E-state index is -1.03. The Balaban J connectivity index is 1.29. The zero-order valence-corrected chi connectivity index (χ0v) is 24.7. The summed E-state index contributed by atoms with van der Waals surface area (Å²) in [6.45, 7) is 3.10. The Morgan fingerprint density at radius 3 is 2.61 bits per heavy atom. The number of aryl methyl sites for hydroxylation is 1. The van der Waals surface area contributed by atoms with E-state index in [1.165, 1.54) is 18.2 Å². The van der Waals surface area contributed by atoms with Gasteiger partial charge in [-0.25, -0.2) is 24.1 Å². The molecule has 226 valence electrons. The lowest BCUT2D eigenvalue weighted by molar-refractivity contribution is 0.0697. The number of nitrogens with zero attached hydrogens (tertiary/aromatic N) is 7. The van der Waals surface area contributed by atoms with E-state index in [4.69, 9.17) is 15.0 Å². The Morgan fingerprint density at radius 2 is 1.85 bits per heavy atom. The van der Waals surface area contributed by atoms with Gasteiger partial charge in [0.2, 0.25) is 5.88 Å². The van der Waals surface area contributed by atoms with Crippen molar-refractivity contribution in [1.29, 1.82) is 10.5 Å². The Morgan fingerprint density at radius 1 is 1.00 bits per heavy atom. The molecule has 0 unspecified atom stereocenters. The molecule has 3 aromatic heterocycles. The summed E-state index contributed by atoms with van der Waals surface area (Å²) in [5.74, 6) is -0.600. The zero-order valence-electron chi connectivity index (χ0n) is 24.7. The maximum atomic E-state index is 14.3. The van der Waals surface area contributed by atoms with Gasteiger partial charge in [-0.05, 0) is 55.0 Å². The molecule has 46 heavy (non-hydrogen) atoms. The molecule has 0 aliphatic carbocycles. The van der Waals surface area contributed by atoms with Crippen molar-refractivity contribution in [3.8, 4) is 29.3 Å². The number of benzene rings is 3. The van der Waals surface area contributed by atoms with Gasteiger partial charge in [-0.15, -0.1) is 0 Å². The van der Waals surface area contributed by atoms with Crippen LogP contribution in [0.25, 0.3) is 22.3 Å². The molecule has 0 bridgehead atoms. The lowest BCUT2D eigenvalue weighted by atomic mass is 10.00. The van der Waals surface area contributed by atoms with Crippen LogP contribution in [0.1, 0.15) is 51.1 Å². The predicted octanol–water partition coefficient (Wildman–Crippen LogP) is 6.11. The Labute approximate surface area is 263 Å². The molecular formula is C35H26FN7O3. The molecule has 6 rings (SSSR count). The van der Waals surface area contributed by atoms with Crippen LogP contribution in [-0.2, 0) is 26.1 Å². The molecular weight excluding hydrogens is 585 g/mol. The second kappa shape index (κ2) is 12.7. The van der Waals surface area contributed by atoms with E-state index in [1.807, 2.05) is 34.3 Å². The standard InChI is InChI=1S/C35H26FN7O3/c1-2-42-21-39-18-28(42)19-43-32-14-25(35(44)45)10-11-31(32)40-33(43)15-23-8-9-24(13-27(23)17-38)30-4-3-5-34(41-30)46-20-26-7-6-22(16-37)12-29(26)36/h3-14,18,21H,2,15,19-20H2,1H3,(H,44,45). The minimum absolute atomic E-state index is 0.0651. The maximum absolute atomic E-state index is 14.3. The third-order valence-corrected chi connectivity index (χ3v) is 7.69. The van der Waals surface area contributed by atoms with E-state index < -0.39 is 11.8 Å². The molecule has 10 nitrogen and oxygen atoms in total. The molecule has 1 N–H and O–H groups in total. The molecule has 3 aromatic carbocycles. The van der Waals surface area contributed by atoms with E-state index in [2.05, 4.69) is 16.0 Å². The largest absolute Gasteiger partial charge is 0.478 e. The second-order valence-electron chi connectivity index (χ2n) is 10.5. The summed E-state index contributed by atoms with van der Waals surface area (Å²) in [5.41, 5.74) is 5.40. The van der Waals surface area contributed by atoms with Crippen molar-refractivity contribution in [2.75, 3.05) is 0 Å². The first-order valence-electron chi connectivity index (χ1n) is 14.4. The third-order valence-electron chi connectivity index (χ3n) is 7.69. The lowest BCUT2D eigenvalue weighted by Gasteiger charge is -2.13. The highest BCUT2D eigenvalue weighted by atomic mass is 19.1. The van der Waals surface area contributed by atoms with Crippen molar-refractivity contribution >= 4 is 17.0 Å². The number of rotatable bonds is 10. The third kappa shape index (κ3) is 6.03. The maximum Gasteiger partial charge on any atom is 0.335 e. The lowest BCUT2D eigenvalue weighted by Crippen LogP contribution is -2.10. The van der Waals surface area contributed by atoms with E-state index in [9.17, 15) is 19.6 Å². The number of pyridine rings is 1. The first kappa shape index (κ1) is 29.7. The smallest absolute Gasteiger partial charge is 0.335 e. The van der Waals surface area contributed by atoms with Crippen molar-refractivity contribution in [3.63, 3.8) is 0 Å². The molecule has 6 aromatic rings. The fourth-order valence-corrected chi connectivity index (χ4v) is 5.25. The average Bonchev–Trinajstić information content (AvgIpc) is 3.67. The number of fused-ring (bicyclic) bond motifs is 1. The second-order valence-corrected chi connectivity index (χ2v) is 10.5. The first-order valence-corrected chi connectivity index (χ1v) is 14.4. The summed E-state index contributed by atoms with van der Waals surface area (Å²) in [6, 6.07) is 23.9. The van der Waals surface area contributed by atoms with Crippen LogP contribution in [0.5, 0.6) is 5.88 Å². The number of hydrogen-bond donors (Lipinski definition) is 1. The fraction of sp³-hybridized carbons (Fsp3) is 0.143. The van der Waals surface area contributed by atoms with Crippen LogP contribution in [0.4, 0.5) is 4.39 Å². The Hall–Kier alpha value is -6.33. The van der Waals surface area contributed by atoms with Gasteiger partial charge in [0.05, 0.1) is 64.1 Å². The van der Waals surface area contributed by atoms with Crippen molar-refractivity contribution < 1.29 is 19.0 Å². The Bertz CT molecular complexity index is 2190. The van der Waals surface area contributed by atoms with E-state index in [-0.39, 0.29) is 23.6 Å². The van der Waals surface area contributed by atoms with Crippen molar-refractivity contribution in [2.24, 2.45) is 0 Å². The molecule has 0 saturated carbocycles. The van der Waals surface area contributed by atoms with Crippen LogP contribution in [0.3, 0.4) is 0 Å². The van der Waals surface area contributed by atoms with E-state index >= 15 is 0 Å². The number of carboxylic acids is 1. The highest BCUT2D eigenvalue weighted by Gasteiger charge is 2.18. The van der Waals surface area contributed by atoms with E-state index in [0.29, 0.717) is 52.2 Å². The normalized spacial score (nSPS) is 10.9. The zero-order chi connectivity index (χ0) is 32.2. The molecule has 0 radical (unpaired) electrons. The van der Waals surface area contributed by atoms with Crippen molar-refractivity contribution in [3.05, 3.63) is 130 Å². The van der Waals surface area contributed by atoms with Gasteiger partial charge < -0.3 is 19.0 Å². The number of halogens is 1. The van der Waals surface area contributed by atoms with Gasteiger partial charge >= 0.3 is 5.97 Å². The minimum Gasteiger partial charge on any atom is -0.478 e. The van der Waals surface area contributed by atoms with Crippen LogP contribution < -0.4 is 4.74 Å². The van der Waals surface area contributed by atoms with Crippen LogP contribution in [0, 0.1) is 28.5 Å². The van der Waals surface area contributed by atoms with Gasteiger partial charge in [0.1, 0.15) is 18.2 Å². The van der Waals surface area contributed by atoms with Gasteiger partial charge in [-0.3, -0.25) is 0 Å². The number of hydrogen-bond acceptors (Lipinski definition) is 7. The number of nitriles is 2. The quantitative estimate of drug-likeness (QED) is 0.195. The van der Waals surface area contributed by atoms with Gasteiger partial charge in [0, 0.05) is 36.4 Å². The SMILES string of the molecule is CCn1cncc1Cn1c(Cc2ccc(-c3cccc(OCc4ccc(C#N)cc4F)n3)cc2C#N)nc2ccc(C(=O)O)cc21. The molecule has 0 atom stereocenters. The van der Waals surface area contributed by atoms with Gasteiger partial charge in [-0.2, -0.15) is 10.5 Å². The first-order chi connectivity index (χ1) is 22.4.